The molecule has 0 unspecified atom stereocenters. The van der Waals surface area contributed by atoms with Crippen LogP contribution in [0.15, 0.2) is 36.4 Å². The van der Waals surface area contributed by atoms with Gasteiger partial charge in [0.05, 0.1) is 12.5 Å². The van der Waals surface area contributed by atoms with E-state index >= 15 is 0 Å². The minimum atomic E-state index is -0.0978. The van der Waals surface area contributed by atoms with Crippen LogP contribution < -0.4 is 0 Å². The summed E-state index contributed by atoms with van der Waals surface area (Å²) >= 11 is 0. The van der Waals surface area contributed by atoms with Crippen molar-refractivity contribution in [1.82, 2.24) is 4.90 Å². The van der Waals surface area contributed by atoms with Crippen molar-refractivity contribution in [3.8, 4) is 5.75 Å². The summed E-state index contributed by atoms with van der Waals surface area (Å²) in [4.78, 5) is 14.2. The fourth-order valence-corrected chi connectivity index (χ4v) is 3.37. The van der Waals surface area contributed by atoms with Gasteiger partial charge in [0.15, 0.2) is 0 Å². The first-order valence-electron chi connectivity index (χ1n) is 8.27. The molecule has 0 aromatic heterocycles. The number of hydrogen-bond acceptors (Lipinski definition) is 4. The molecule has 0 aliphatic carbocycles. The Kier molecular flexibility index (Phi) is 4.82. The predicted octanol–water partition coefficient (Wildman–Crippen LogP) is 3.32. The minimum absolute atomic E-state index is 0.0548. The Morgan fingerprint density at radius 1 is 1.30 bits per heavy atom. The molecule has 1 aliphatic rings. The Bertz CT molecular complexity index is 698. The third kappa shape index (κ3) is 3.48. The van der Waals surface area contributed by atoms with E-state index in [4.69, 9.17) is 4.74 Å². The van der Waals surface area contributed by atoms with Crippen LogP contribution in [-0.2, 0) is 16.1 Å². The van der Waals surface area contributed by atoms with Gasteiger partial charge in [-0.1, -0.05) is 30.3 Å². The van der Waals surface area contributed by atoms with Crippen molar-refractivity contribution in [3.63, 3.8) is 0 Å². The molecule has 2 aromatic carbocycles. The summed E-state index contributed by atoms with van der Waals surface area (Å²) in [6, 6.07) is 11.8. The van der Waals surface area contributed by atoms with Crippen LogP contribution >= 0.6 is 0 Å². The lowest BCUT2D eigenvalue weighted by atomic mass is 9.96. The van der Waals surface area contributed by atoms with Crippen LogP contribution in [-0.4, -0.2) is 35.7 Å². The molecule has 0 amide bonds. The van der Waals surface area contributed by atoms with E-state index in [1.54, 1.807) is 6.07 Å². The van der Waals surface area contributed by atoms with Crippen LogP contribution in [0.5, 0.6) is 5.75 Å². The lowest BCUT2D eigenvalue weighted by molar-refractivity contribution is -0.150. The number of rotatable bonds is 4. The molecule has 0 saturated carbocycles. The molecule has 1 atom stereocenters. The van der Waals surface area contributed by atoms with Gasteiger partial charge in [-0.2, -0.15) is 0 Å². The van der Waals surface area contributed by atoms with Gasteiger partial charge in [0.1, 0.15) is 5.75 Å². The Morgan fingerprint density at radius 2 is 2.13 bits per heavy atom. The van der Waals surface area contributed by atoms with Gasteiger partial charge in [-0.05, 0) is 43.1 Å². The van der Waals surface area contributed by atoms with Gasteiger partial charge in [-0.15, -0.1) is 0 Å². The maximum absolute atomic E-state index is 12.0. The monoisotopic (exact) mass is 313 g/mol. The number of carbonyl (C=O) groups excluding carboxylic acids is 1. The van der Waals surface area contributed by atoms with Crippen molar-refractivity contribution in [3.05, 3.63) is 42.0 Å². The molecule has 4 nitrogen and oxygen atoms in total. The third-order valence-corrected chi connectivity index (χ3v) is 4.52. The average molecular weight is 313 g/mol. The first-order valence-corrected chi connectivity index (χ1v) is 8.27. The van der Waals surface area contributed by atoms with E-state index in [-0.39, 0.29) is 11.9 Å². The van der Waals surface area contributed by atoms with Gasteiger partial charge in [-0.25, -0.2) is 0 Å². The summed E-state index contributed by atoms with van der Waals surface area (Å²) < 4.78 is 5.16. The van der Waals surface area contributed by atoms with Gasteiger partial charge >= 0.3 is 5.97 Å². The number of benzene rings is 2. The summed E-state index contributed by atoms with van der Waals surface area (Å²) in [6.07, 6.45) is 1.87. The van der Waals surface area contributed by atoms with Crippen molar-refractivity contribution >= 4 is 16.7 Å². The van der Waals surface area contributed by atoms with E-state index < -0.39 is 0 Å². The van der Waals surface area contributed by atoms with Crippen LogP contribution in [0.1, 0.15) is 25.3 Å². The van der Waals surface area contributed by atoms with Crippen molar-refractivity contribution in [2.45, 2.75) is 26.3 Å². The fraction of sp³-hybridized carbons (Fsp3) is 0.421. The number of likely N-dealkylation sites (tertiary alicyclic amines) is 1. The SMILES string of the molecule is CCOC(=O)[C@H]1CCCN(Cc2c(O)ccc3ccccc23)C1. The zero-order valence-electron chi connectivity index (χ0n) is 13.5. The molecular weight excluding hydrogens is 290 g/mol. The van der Waals surface area contributed by atoms with E-state index in [2.05, 4.69) is 11.0 Å². The zero-order chi connectivity index (χ0) is 16.2. The number of piperidine rings is 1. The molecule has 3 rings (SSSR count). The summed E-state index contributed by atoms with van der Waals surface area (Å²) in [7, 11) is 0. The second-order valence-corrected chi connectivity index (χ2v) is 6.11. The number of nitrogens with zero attached hydrogens (tertiary/aromatic N) is 1. The van der Waals surface area contributed by atoms with Crippen LogP contribution in [0.25, 0.3) is 10.8 Å². The number of ether oxygens (including phenoxy) is 1. The largest absolute Gasteiger partial charge is 0.508 e. The number of fused-ring (bicyclic) bond motifs is 1. The molecule has 0 radical (unpaired) electrons. The van der Waals surface area contributed by atoms with Crippen LogP contribution in [0.2, 0.25) is 0 Å². The van der Waals surface area contributed by atoms with E-state index in [0.29, 0.717) is 25.4 Å². The van der Waals surface area contributed by atoms with Crippen molar-refractivity contribution < 1.29 is 14.6 Å². The molecule has 0 spiro atoms. The summed E-state index contributed by atoms with van der Waals surface area (Å²) in [5.74, 6) is 0.169. The molecule has 4 heteroatoms. The average Bonchev–Trinajstić information content (AvgIpc) is 2.58. The molecule has 1 heterocycles. The lowest BCUT2D eigenvalue weighted by Crippen LogP contribution is -2.39. The zero-order valence-corrected chi connectivity index (χ0v) is 13.5. The Hall–Kier alpha value is -2.07. The highest BCUT2D eigenvalue weighted by atomic mass is 16.5. The van der Waals surface area contributed by atoms with E-state index in [1.165, 1.54) is 0 Å². The number of aromatic hydroxyl groups is 1. The molecule has 1 N–H and O–H groups in total. The fourth-order valence-electron chi connectivity index (χ4n) is 3.37. The molecular formula is C19H23NO3. The molecule has 1 aliphatic heterocycles. The van der Waals surface area contributed by atoms with E-state index in [9.17, 15) is 9.90 Å². The van der Waals surface area contributed by atoms with Crippen molar-refractivity contribution in [2.75, 3.05) is 19.7 Å². The number of carbonyl (C=O) groups is 1. The first-order chi connectivity index (χ1) is 11.2. The normalized spacial score (nSPS) is 18.9. The molecule has 1 fully saturated rings. The standard InChI is InChI=1S/C19H23NO3/c1-2-23-19(22)15-7-5-11-20(12-15)13-17-16-8-4-3-6-14(16)9-10-18(17)21/h3-4,6,8-10,15,21H,2,5,7,11-13H2,1H3/t15-/m0/s1. The molecule has 1 saturated heterocycles. The van der Waals surface area contributed by atoms with Crippen LogP contribution in [0.3, 0.4) is 0 Å². The number of hydrogen-bond donors (Lipinski definition) is 1. The van der Waals surface area contributed by atoms with Crippen molar-refractivity contribution in [1.29, 1.82) is 0 Å². The number of phenolic OH excluding ortho intramolecular Hbond substituents is 1. The second-order valence-electron chi connectivity index (χ2n) is 6.11. The third-order valence-electron chi connectivity index (χ3n) is 4.52. The summed E-state index contributed by atoms with van der Waals surface area (Å²) in [5.41, 5.74) is 0.938. The van der Waals surface area contributed by atoms with E-state index in [1.807, 2.05) is 31.2 Å². The topological polar surface area (TPSA) is 49.8 Å². The Labute approximate surface area is 136 Å². The first kappa shape index (κ1) is 15.8. The smallest absolute Gasteiger partial charge is 0.310 e. The van der Waals surface area contributed by atoms with Gasteiger partial charge in [0, 0.05) is 18.7 Å². The second kappa shape index (κ2) is 7.01. The lowest BCUT2D eigenvalue weighted by Gasteiger charge is -2.31. The van der Waals surface area contributed by atoms with Crippen LogP contribution in [0, 0.1) is 5.92 Å². The number of esters is 1. The van der Waals surface area contributed by atoms with Gasteiger partial charge in [0.2, 0.25) is 0 Å². The summed E-state index contributed by atoms with van der Waals surface area (Å²) in [6.45, 7) is 4.56. The highest BCUT2D eigenvalue weighted by Gasteiger charge is 2.27. The summed E-state index contributed by atoms with van der Waals surface area (Å²) in [5, 5.41) is 12.5. The van der Waals surface area contributed by atoms with Gasteiger partial charge in [0.25, 0.3) is 0 Å². The molecule has 2 aromatic rings. The van der Waals surface area contributed by atoms with Gasteiger partial charge < -0.3 is 9.84 Å². The number of phenols is 1. The van der Waals surface area contributed by atoms with Crippen molar-refractivity contribution in [2.24, 2.45) is 5.92 Å². The molecule has 23 heavy (non-hydrogen) atoms. The predicted molar refractivity (Wildman–Crippen MR) is 90.2 cm³/mol. The molecule has 122 valence electrons. The quantitative estimate of drug-likeness (QED) is 0.880. The minimum Gasteiger partial charge on any atom is -0.508 e. The highest BCUT2D eigenvalue weighted by molar-refractivity contribution is 5.87. The maximum atomic E-state index is 12.0. The Balaban J connectivity index is 1.79. The highest BCUT2D eigenvalue weighted by Crippen LogP contribution is 2.30. The van der Waals surface area contributed by atoms with E-state index in [0.717, 1.165) is 35.7 Å². The van der Waals surface area contributed by atoms with Gasteiger partial charge in [-0.3, -0.25) is 9.69 Å². The maximum Gasteiger partial charge on any atom is 0.310 e. The Morgan fingerprint density at radius 3 is 2.96 bits per heavy atom. The van der Waals surface area contributed by atoms with Crippen LogP contribution in [0.4, 0.5) is 0 Å². The molecule has 0 bridgehead atoms.